The molecule has 2 atom stereocenters. The molecule has 0 unspecified atom stereocenters. The van der Waals surface area contributed by atoms with Gasteiger partial charge in [0.2, 0.25) is 23.6 Å². The highest BCUT2D eigenvalue weighted by atomic mass is 16.5. The lowest BCUT2D eigenvalue weighted by Gasteiger charge is -2.25. The average molecular weight is 663 g/mol. The van der Waals surface area contributed by atoms with Gasteiger partial charge in [0, 0.05) is 44.0 Å². The van der Waals surface area contributed by atoms with Gasteiger partial charge in [0.05, 0.1) is 14.2 Å². The Kier molecular flexibility index (Phi) is 13.1. The van der Waals surface area contributed by atoms with Gasteiger partial charge in [-0.3, -0.25) is 19.2 Å². The van der Waals surface area contributed by atoms with Crippen molar-refractivity contribution in [1.82, 2.24) is 10.6 Å². The number of amides is 4. The number of rotatable bonds is 15. The Hall–Kier alpha value is -5.90. The zero-order valence-electron chi connectivity index (χ0n) is 28.2. The Bertz CT molecular complexity index is 1710. The molecule has 10 heteroatoms. The second-order valence-corrected chi connectivity index (χ2v) is 11.4. The number of anilines is 2. The van der Waals surface area contributed by atoms with Crippen LogP contribution in [0.15, 0.2) is 121 Å². The van der Waals surface area contributed by atoms with E-state index in [0.717, 1.165) is 23.3 Å². The molecule has 0 fully saturated rings. The molecule has 0 heterocycles. The number of hydrogen-bond donors (Lipinski definition) is 2. The molecule has 0 aliphatic rings. The lowest BCUT2D eigenvalue weighted by molar-refractivity contribution is -0.125. The van der Waals surface area contributed by atoms with Gasteiger partial charge in [0.25, 0.3) is 0 Å². The highest BCUT2D eigenvalue weighted by Gasteiger charge is 2.26. The minimum atomic E-state index is -0.923. The second-order valence-electron chi connectivity index (χ2n) is 11.4. The number of nitrogens with zero attached hydrogens (tertiary/aromatic N) is 2. The number of aryl methyl sites for hydroxylation is 1. The largest absolute Gasteiger partial charge is 0.497 e. The summed E-state index contributed by atoms with van der Waals surface area (Å²) in [5.41, 5.74) is 3.13. The van der Waals surface area contributed by atoms with Gasteiger partial charge in [-0.1, -0.05) is 60.7 Å². The average Bonchev–Trinajstić information content (AvgIpc) is 3.15. The molecule has 4 aromatic rings. The van der Waals surface area contributed by atoms with Gasteiger partial charge in [-0.2, -0.15) is 0 Å². The molecule has 254 valence electrons. The summed E-state index contributed by atoms with van der Waals surface area (Å²) in [6, 6.07) is 31.2. The molecule has 4 aromatic carbocycles. The molecule has 0 radical (unpaired) electrons. The molecule has 0 spiro atoms. The molecular weight excluding hydrogens is 620 g/mol. The van der Waals surface area contributed by atoms with Crippen molar-refractivity contribution in [3.63, 3.8) is 0 Å². The number of carbonyl (C=O) groups excluding carboxylic acids is 4. The van der Waals surface area contributed by atoms with Gasteiger partial charge < -0.3 is 29.9 Å². The minimum Gasteiger partial charge on any atom is -0.497 e. The van der Waals surface area contributed by atoms with Crippen LogP contribution >= 0.6 is 0 Å². The second kappa shape index (κ2) is 17.9. The van der Waals surface area contributed by atoms with Crippen molar-refractivity contribution in [2.75, 3.05) is 38.1 Å². The number of carbonyl (C=O) groups is 4. The van der Waals surface area contributed by atoms with Crippen molar-refractivity contribution < 1.29 is 28.7 Å². The monoisotopic (exact) mass is 662 g/mol. The van der Waals surface area contributed by atoms with Gasteiger partial charge in [0.15, 0.2) is 0 Å². The van der Waals surface area contributed by atoms with Crippen LogP contribution in [-0.4, -0.2) is 64.0 Å². The maximum atomic E-state index is 13.6. The third-order valence-electron chi connectivity index (χ3n) is 8.04. The Balaban J connectivity index is 1.46. The summed E-state index contributed by atoms with van der Waals surface area (Å²) in [7, 11) is 6.40. The first-order valence-electron chi connectivity index (χ1n) is 15.9. The van der Waals surface area contributed by atoms with Crippen molar-refractivity contribution >= 4 is 35.0 Å². The van der Waals surface area contributed by atoms with Gasteiger partial charge in [0.1, 0.15) is 23.6 Å². The summed E-state index contributed by atoms with van der Waals surface area (Å²) in [5.74, 6) is -0.600. The topological polar surface area (TPSA) is 117 Å². The van der Waals surface area contributed by atoms with E-state index in [1.807, 2.05) is 60.7 Å². The lowest BCUT2D eigenvalue weighted by atomic mass is 10.0. The SMILES string of the molecule is COc1ccc(N(C)C(=O)[C@H](CCc2ccccc2)NC(=O)/C=C/C(=O)N[C@@H](Cc2ccccc2)C(=O)N(C)c2ccc(OC)cc2)cc1. The fraction of sp³-hybridized carbons (Fsp3) is 0.231. The molecule has 0 saturated carbocycles. The molecule has 2 N–H and O–H groups in total. The number of likely N-dealkylation sites (N-methyl/N-ethyl adjacent to an activating group) is 2. The molecule has 0 aliphatic carbocycles. The van der Waals surface area contributed by atoms with E-state index in [2.05, 4.69) is 10.6 Å². The Morgan fingerprint density at radius 3 is 1.45 bits per heavy atom. The molecule has 4 amide bonds. The molecule has 4 rings (SSSR count). The first kappa shape index (κ1) is 35.9. The normalized spacial score (nSPS) is 12.0. The van der Waals surface area contributed by atoms with E-state index >= 15 is 0 Å². The van der Waals surface area contributed by atoms with E-state index in [1.54, 1.807) is 76.8 Å². The predicted molar refractivity (Wildman–Crippen MR) is 191 cm³/mol. The van der Waals surface area contributed by atoms with Gasteiger partial charge >= 0.3 is 0 Å². The first-order chi connectivity index (χ1) is 23.7. The highest BCUT2D eigenvalue weighted by molar-refractivity contribution is 6.04. The summed E-state index contributed by atoms with van der Waals surface area (Å²) in [5, 5.41) is 5.53. The van der Waals surface area contributed by atoms with Gasteiger partial charge in [-0.15, -0.1) is 0 Å². The third-order valence-corrected chi connectivity index (χ3v) is 8.04. The lowest BCUT2D eigenvalue weighted by Crippen LogP contribution is -2.48. The van der Waals surface area contributed by atoms with E-state index < -0.39 is 23.9 Å². The number of hydrogen-bond acceptors (Lipinski definition) is 6. The summed E-state index contributed by atoms with van der Waals surface area (Å²) in [6.07, 6.45) is 3.26. The maximum absolute atomic E-state index is 13.6. The summed E-state index contributed by atoms with van der Waals surface area (Å²) < 4.78 is 10.4. The van der Waals surface area contributed by atoms with Gasteiger partial charge in [-0.25, -0.2) is 0 Å². The molecule has 49 heavy (non-hydrogen) atoms. The quantitative estimate of drug-likeness (QED) is 0.178. The minimum absolute atomic E-state index is 0.236. The zero-order chi connectivity index (χ0) is 35.2. The zero-order valence-corrected chi connectivity index (χ0v) is 28.2. The van der Waals surface area contributed by atoms with Crippen LogP contribution in [0, 0.1) is 0 Å². The summed E-state index contributed by atoms with van der Waals surface area (Å²) >= 11 is 0. The van der Waals surface area contributed by atoms with Crippen LogP contribution in [-0.2, 0) is 32.0 Å². The third kappa shape index (κ3) is 10.6. The van der Waals surface area contributed by atoms with Crippen molar-refractivity contribution in [3.8, 4) is 11.5 Å². The Labute approximate surface area is 287 Å². The molecule has 10 nitrogen and oxygen atoms in total. The van der Waals surface area contributed by atoms with Crippen LogP contribution in [0.1, 0.15) is 17.5 Å². The van der Waals surface area contributed by atoms with Crippen molar-refractivity contribution in [2.24, 2.45) is 0 Å². The first-order valence-corrected chi connectivity index (χ1v) is 15.9. The van der Waals surface area contributed by atoms with E-state index in [4.69, 9.17) is 9.47 Å². The maximum Gasteiger partial charge on any atom is 0.249 e. The van der Waals surface area contributed by atoms with Crippen LogP contribution in [0.5, 0.6) is 11.5 Å². The standard InChI is InChI=1S/C39H42N4O6/c1-42(30-16-20-32(48-3)21-17-30)38(46)34(24-15-28-11-7-5-8-12-28)40-36(44)25-26-37(45)41-35(27-29-13-9-6-10-14-29)39(47)43(2)31-18-22-33(49-4)23-19-31/h5-14,16-23,25-26,34-35H,15,24,27H2,1-4H3,(H,40,44)(H,41,45)/b26-25+/t34-,35-/m0/s1. The highest BCUT2D eigenvalue weighted by Crippen LogP contribution is 2.21. The summed E-state index contributed by atoms with van der Waals surface area (Å²) in [6.45, 7) is 0. The smallest absolute Gasteiger partial charge is 0.249 e. The predicted octanol–water partition coefficient (Wildman–Crippen LogP) is 4.73. The number of methoxy groups -OCH3 is 2. The van der Waals surface area contributed by atoms with Crippen molar-refractivity contribution in [2.45, 2.75) is 31.3 Å². The molecular formula is C39H42N4O6. The number of benzene rings is 4. The van der Waals surface area contributed by atoms with E-state index in [9.17, 15) is 19.2 Å². The van der Waals surface area contributed by atoms with Gasteiger partial charge in [-0.05, 0) is 72.5 Å². The van der Waals surface area contributed by atoms with E-state index in [1.165, 1.54) is 9.80 Å². The Morgan fingerprint density at radius 1 is 0.592 bits per heavy atom. The van der Waals surface area contributed by atoms with E-state index in [-0.39, 0.29) is 18.2 Å². The van der Waals surface area contributed by atoms with Crippen LogP contribution in [0.3, 0.4) is 0 Å². The van der Waals surface area contributed by atoms with E-state index in [0.29, 0.717) is 35.7 Å². The Morgan fingerprint density at radius 2 is 1.00 bits per heavy atom. The molecule has 0 aliphatic heterocycles. The molecule has 0 bridgehead atoms. The van der Waals surface area contributed by atoms with Crippen LogP contribution < -0.4 is 29.9 Å². The van der Waals surface area contributed by atoms with Crippen LogP contribution in [0.4, 0.5) is 11.4 Å². The number of ether oxygens (including phenoxy) is 2. The molecule has 0 saturated heterocycles. The van der Waals surface area contributed by atoms with Crippen molar-refractivity contribution in [3.05, 3.63) is 132 Å². The van der Waals surface area contributed by atoms with Crippen molar-refractivity contribution in [1.29, 1.82) is 0 Å². The molecule has 0 aromatic heterocycles. The fourth-order valence-corrected chi connectivity index (χ4v) is 5.19. The fourth-order valence-electron chi connectivity index (χ4n) is 5.19. The number of nitrogens with one attached hydrogen (secondary N) is 2. The van der Waals surface area contributed by atoms with Crippen LogP contribution in [0.25, 0.3) is 0 Å². The van der Waals surface area contributed by atoms with Crippen LogP contribution in [0.2, 0.25) is 0 Å². The summed E-state index contributed by atoms with van der Waals surface area (Å²) in [4.78, 5) is 56.4.